The van der Waals surface area contributed by atoms with Crippen molar-refractivity contribution in [3.63, 3.8) is 0 Å². The van der Waals surface area contributed by atoms with Crippen molar-refractivity contribution < 1.29 is 14.4 Å². The Morgan fingerprint density at radius 3 is 2.17 bits per heavy atom. The molecule has 0 aliphatic rings. The first kappa shape index (κ1) is 22.5. The lowest BCUT2D eigenvalue weighted by Crippen LogP contribution is -2.47. The van der Waals surface area contributed by atoms with E-state index in [4.69, 9.17) is 0 Å². The fraction of sp³-hybridized carbons (Fsp3) is 0.318. The number of benzene rings is 2. The van der Waals surface area contributed by atoms with Gasteiger partial charge in [-0.2, -0.15) is 11.8 Å². The second-order valence-corrected chi connectivity index (χ2v) is 7.63. The highest BCUT2D eigenvalue weighted by Gasteiger charge is 2.24. The average molecular weight is 414 g/mol. The smallest absolute Gasteiger partial charge is 0.251 e. The van der Waals surface area contributed by atoms with Crippen LogP contribution in [0.15, 0.2) is 54.6 Å². The van der Waals surface area contributed by atoms with E-state index >= 15 is 0 Å². The molecule has 2 aromatic rings. The van der Waals surface area contributed by atoms with Crippen molar-refractivity contribution >= 4 is 29.5 Å². The maximum absolute atomic E-state index is 13.0. The molecule has 0 aliphatic carbocycles. The van der Waals surface area contributed by atoms with E-state index in [2.05, 4.69) is 10.6 Å². The van der Waals surface area contributed by atoms with Gasteiger partial charge in [-0.15, -0.1) is 0 Å². The Morgan fingerprint density at radius 1 is 0.966 bits per heavy atom. The molecule has 0 unspecified atom stereocenters. The quantitative estimate of drug-likeness (QED) is 0.662. The number of carbonyl (C=O) groups is 3. The van der Waals surface area contributed by atoms with Gasteiger partial charge < -0.3 is 15.5 Å². The summed E-state index contributed by atoms with van der Waals surface area (Å²) in [5, 5.41) is 5.45. The number of hydrogen-bond donors (Lipinski definition) is 2. The number of nitrogens with one attached hydrogen (secondary N) is 2. The van der Waals surface area contributed by atoms with E-state index in [1.165, 1.54) is 0 Å². The van der Waals surface area contributed by atoms with E-state index < -0.39 is 6.04 Å². The summed E-state index contributed by atoms with van der Waals surface area (Å²) in [6.07, 6.45) is 2.52. The third-order valence-corrected chi connectivity index (χ3v) is 5.13. The normalized spacial score (nSPS) is 11.4. The zero-order chi connectivity index (χ0) is 21.2. The van der Waals surface area contributed by atoms with Crippen LogP contribution in [-0.2, 0) is 11.3 Å². The second kappa shape index (κ2) is 11.3. The molecule has 154 valence electrons. The highest BCUT2D eigenvalue weighted by molar-refractivity contribution is 7.98. The summed E-state index contributed by atoms with van der Waals surface area (Å²) in [6, 6.07) is 15.4. The highest BCUT2D eigenvalue weighted by Crippen LogP contribution is 2.11. The van der Waals surface area contributed by atoms with E-state index in [1.807, 2.05) is 24.5 Å². The van der Waals surface area contributed by atoms with Crippen LogP contribution in [0.3, 0.4) is 0 Å². The number of likely N-dealkylation sites (N-methyl/N-ethyl adjacent to an activating group) is 1. The first-order valence-corrected chi connectivity index (χ1v) is 10.8. The fourth-order valence-corrected chi connectivity index (χ4v) is 3.32. The van der Waals surface area contributed by atoms with Crippen LogP contribution in [0.5, 0.6) is 0 Å². The van der Waals surface area contributed by atoms with Gasteiger partial charge in [0.15, 0.2) is 0 Å². The third-order valence-electron chi connectivity index (χ3n) is 4.49. The molecule has 3 amide bonds. The van der Waals surface area contributed by atoms with E-state index in [-0.39, 0.29) is 17.7 Å². The Kier molecular flexibility index (Phi) is 8.73. The predicted molar refractivity (Wildman–Crippen MR) is 117 cm³/mol. The van der Waals surface area contributed by atoms with Crippen molar-refractivity contribution in [2.24, 2.45) is 0 Å². The first-order valence-electron chi connectivity index (χ1n) is 9.37. The molecule has 2 aromatic carbocycles. The summed E-state index contributed by atoms with van der Waals surface area (Å²) >= 11 is 1.63. The molecule has 7 heteroatoms. The van der Waals surface area contributed by atoms with Gasteiger partial charge in [-0.1, -0.05) is 30.3 Å². The molecule has 1 atom stereocenters. The predicted octanol–water partition coefficient (Wildman–Crippen LogP) is 2.56. The summed E-state index contributed by atoms with van der Waals surface area (Å²) in [6.45, 7) is 0.393. The number of thioether (sulfide) groups is 1. The van der Waals surface area contributed by atoms with Gasteiger partial charge in [-0.25, -0.2) is 0 Å². The number of nitrogens with zero attached hydrogens (tertiary/aromatic N) is 1. The van der Waals surface area contributed by atoms with Gasteiger partial charge in [-0.3, -0.25) is 14.4 Å². The minimum atomic E-state index is -0.592. The van der Waals surface area contributed by atoms with Gasteiger partial charge in [0.1, 0.15) is 6.04 Å². The van der Waals surface area contributed by atoms with E-state index in [9.17, 15) is 14.4 Å². The minimum Gasteiger partial charge on any atom is -0.355 e. The molecule has 2 N–H and O–H groups in total. The monoisotopic (exact) mass is 413 g/mol. The zero-order valence-corrected chi connectivity index (χ0v) is 17.8. The van der Waals surface area contributed by atoms with Crippen LogP contribution < -0.4 is 10.6 Å². The minimum absolute atomic E-state index is 0.140. The highest BCUT2D eigenvalue weighted by atomic mass is 32.2. The van der Waals surface area contributed by atoms with E-state index in [0.29, 0.717) is 24.1 Å². The Morgan fingerprint density at radius 2 is 1.59 bits per heavy atom. The molecule has 2 rings (SSSR count). The molecule has 6 nitrogen and oxygen atoms in total. The Hall–Kier alpha value is -2.80. The van der Waals surface area contributed by atoms with E-state index in [0.717, 1.165) is 11.3 Å². The largest absolute Gasteiger partial charge is 0.355 e. The molecule has 0 heterocycles. The zero-order valence-electron chi connectivity index (χ0n) is 17.0. The number of rotatable bonds is 9. The Bertz CT molecular complexity index is 825. The molecule has 29 heavy (non-hydrogen) atoms. The SMILES string of the molecule is CNC(=O)c1ccc(CN(C)C(=O)[C@@H](CCSC)NC(=O)c2ccccc2)cc1. The molecular weight excluding hydrogens is 386 g/mol. The Labute approximate surface area is 176 Å². The summed E-state index contributed by atoms with van der Waals surface area (Å²) in [5.41, 5.74) is 2.01. The second-order valence-electron chi connectivity index (χ2n) is 6.64. The van der Waals surface area contributed by atoms with Crippen LogP contribution >= 0.6 is 11.8 Å². The van der Waals surface area contributed by atoms with E-state index in [1.54, 1.807) is 67.2 Å². The summed E-state index contributed by atoms with van der Waals surface area (Å²) in [4.78, 5) is 38.7. The van der Waals surface area contributed by atoms with Gasteiger partial charge in [-0.05, 0) is 48.3 Å². The lowest BCUT2D eigenvalue weighted by molar-refractivity contribution is -0.132. The van der Waals surface area contributed by atoms with Crippen LogP contribution in [0.4, 0.5) is 0 Å². The molecule has 0 radical (unpaired) electrons. The number of hydrogen-bond acceptors (Lipinski definition) is 4. The van der Waals surface area contributed by atoms with Gasteiger partial charge in [0, 0.05) is 31.8 Å². The first-order chi connectivity index (χ1) is 14.0. The van der Waals surface area contributed by atoms with Crippen molar-refractivity contribution in [2.45, 2.75) is 19.0 Å². The van der Waals surface area contributed by atoms with Gasteiger partial charge in [0.2, 0.25) is 5.91 Å². The maximum Gasteiger partial charge on any atom is 0.251 e. The molecule has 0 fully saturated rings. The topological polar surface area (TPSA) is 78.5 Å². The molecule has 0 saturated carbocycles. The van der Waals surface area contributed by atoms with Crippen LogP contribution in [0.1, 0.15) is 32.7 Å². The van der Waals surface area contributed by atoms with Crippen LogP contribution in [0, 0.1) is 0 Å². The molecular formula is C22H27N3O3S. The molecule has 0 saturated heterocycles. The Balaban J connectivity index is 2.05. The molecule has 0 spiro atoms. The van der Waals surface area contributed by atoms with Crippen LogP contribution in [0.25, 0.3) is 0 Å². The van der Waals surface area contributed by atoms with Crippen molar-refractivity contribution in [1.82, 2.24) is 15.5 Å². The summed E-state index contributed by atoms with van der Waals surface area (Å²) in [5.74, 6) is 0.217. The van der Waals surface area contributed by atoms with Gasteiger partial charge in [0.05, 0.1) is 0 Å². The summed E-state index contributed by atoms with van der Waals surface area (Å²) in [7, 11) is 3.30. The number of carbonyl (C=O) groups excluding carboxylic acids is 3. The molecule has 0 bridgehead atoms. The van der Waals surface area contributed by atoms with Gasteiger partial charge in [0.25, 0.3) is 11.8 Å². The fourth-order valence-electron chi connectivity index (χ4n) is 2.85. The van der Waals surface area contributed by atoms with Gasteiger partial charge >= 0.3 is 0 Å². The van der Waals surface area contributed by atoms with Crippen molar-refractivity contribution in [3.8, 4) is 0 Å². The maximum atomic E-state index is 13.0. The van der Waals surface area contributed by atoms with Crippen molar-refractivity contribution in [2.75, 3.05) is 26.1 Å². The lowest BCUT2D eigenvalue weighted by atomic mass is 10.1. The number of amides is 3. The van der Waals surface area contributed by atoms with Crippen molar-refractivity contribution in [1.29, 1.82) is 0 Å². The van der Waals surface area contributed by atoms with Crippen molar-refractivity contribution in [3.05, 3.63) is 71.3 Å². The standard InChI is InChI=1S/C22H27N3O3S/c1-23-20(26)18-11-9-16(10-12-18)15-25(2)22(28)19(13-14-29-3)24-21(27)17-7-5-4-6-8-17/h4-12,19H,13-15H2,1-3H3,(H,23,26)(H,24,27)/t19-/m1/s1. The average Bonchev–Trinajstić information content (AvgIpc) is 2.76. The molecule has 0 aromatic heterocycles. The third kappa shape index (κ3) is 6.64. The lowest BCUT2D eigenvalue weighted by Gasteiger charge is -2.25. The van der Waals surface area contributed by atoms with Crippen LogP contribution in [0.2, 0.25) is 0 Å². The van der Waals surface area contributed by atoms with Crippen LogP contribution in [-0.4, -0.2) is 54.8 Å². The summed E-state index contributed by atoms with van der Waals surface area (Å²) < 4.78 is 0. The molecule has 0 aliphatic heterocycles.